The highest BCUT2D eigenvalue weighted by molar-refractivity contribution is 5.25. The van der Waals surface area contributed by atoms with Gasteiger partial charge in [0.1, 0.15) is 0 Å². The lowest BCUT2D eigenvalue weighted by atomic mass is 10.0. The van der Waals surface area contributed by atoms with E-state index in [4.69, 9.17) is 11.5 Å². The summed E-state index contributed by atoms with van der Waals surface area (Å²) in [5.74, 6) is 0. The predicted octanol–water partition coefficient (Wildman–Crippen LogP) is 1.60. The van der Waals surface area contributed by atoms with E-state index in [-0.39, 0.29) is 6.04 Å². The highest BCUT2D eigenvalue weighted by Crippen LogP contribution is 2.11. The maximum Gasteiger partial charge on any atom is 0.0419 e. The predicted molar refractivity (Wildman–Crippen MR) is 56.4 cm³/mol. The maximum absolute atomic E-state index is 5.79. The second kappa shape index (κ2) is 5.00. The number of aryl methyl sites for hydroxylation is 1. The van der Waals surface area contributed by atoms with Crippen molar-refractivity contribution in [1.29, 1.82) is 0 Å². The van der Waals surface area contributed by atoms with E-state index in [2.05, 4.69) is 31.2 Å². The first-order valence-corrected chi connectivity index (χ1v) is 4.82. The van der Waals surface area contributed by atoms with Crippen LogP contribution < -0.4 is 11.5 Å². The molecule has 0 heterocycles. The van der Waals surface area contributed by atoms with Crippen molar-refractivity contribution in [1.82, 2.24) is 0 Å². The van der Waals surface area contributed by atoms with Gasteiger partial charge in [-0.15, -0.1) is 0 Å². The Bertz CT molecular complexity index is 241. The van der Waals surface area contributed by atoms with Crippen LogP contribution in [-0.2, 0) is 6.42 Å². The van der Waals surface area contributed by atoms with Gasteiger partial charge in [-0.25, -0.2) is 0 Å². The lowest BCUT2D eigenvalue weighted by molar-refractivity contribution is 0.736. The molecule has 2 heteroatoms. The first kappa shape index (κ1) is 10.2. The standard InChI is InChI=1S/C11H18N2/c1-2-3-9-4-6-10(7-5-9)11(13)8-12/h4-7,11H,2-3,8,12-13H2,1H3/t11-/m1/s1. The fourth-order valence-electron chi connectivity index (χ4n) is 1.36. The molecule has 0 saturated heterocycles. The summed E-state index contributed by atoms with van der Waals surface area (Å²) >= 11 is 0. The number of benzene rings is 1. The summed E-state index contributed by atoms with van der Waals surface area (Å²) in [5, 5.41) is 0. The largest absolute Gasteiger partial charge is 0.329 e. The molecule has 2 nitrogen and oxygen atoms in total. The van der Waals surface area contributed by atoms with Crippen molar-refractivity contribution in [3.05, 3.63) is 35.4 Å². The summed E-state index contributed by atoms with van der Waals surface area (Å²) in [5.41, 5.74) is 13.8. The molecule has 1 rings (SSSR count). The molecule has 1 aromatic carbocycles. The number of hydrogen-bond acceptors (Lipinski definition) is 2. The van der Waals surface area contributed by atoms with Crippen molar-refractivity contribution < 1.29 is 0 Å². The zero-order valence-corrected chi connectivity index (χ0v) is 8.16. The van der Waals surface area contributed by atoms with Gasteiger partial charge in [0.25, 0.3) is 0 Å². The maximum atomic E-state index is 5.79. The van der Waals surface area contributed by atoms with Gasteiger partial charge < -0.3 is 11.5 Å². The molecule has 0 aliphatic carbocycles. The minimum atomic E-state index is -0.0179. The van der Waals surface area contributed by atoms with Gasteiger partial charge in [-0.3, -0.25) is 0 Å². The second-order valence-electron chi connectivity index (χ2n) is 3.33. The van der Waals surface area contributed by atoms with Gasteiger partial charge in [0.15, 0.2) is 0 Å². The van der Waals surface area contributed by atoms with Crippen molar-refractivity contribution in [2.75, 3.05) is 6.54 Å². The van der Waals surface area contributed by atoms with Gasteiger partial charge in [0, 0.05) is 12.6 Å². The molecule has 0 aliphatic rings. The molecule has 0 bridgehead atoms. The Balaban J connectivity index is 2.69. The molecular formula is C11H18N2. The normalized spacial score (nSPS) is 12.8. The minimum Gasteiger partial charge on any atom is -0.329 e. The quantitative estimate of drug-likeness (QED) is 0.735. The first-order chi connectivity index (χ1) is 6.27. The lowest BCUT2D eigenvalue weighted by Gasteiger charge is -2.09. The van der Waals surface area contributed by atoms with Gasteiger partial charge in [-0.1, -0.05) is 37.6 Å². The lowest BCUT2D eigenvalue weighted by Crippen LogP contribution is -2.20. The van der Waals surface area contributed by atoms with E-state index in [1.807, 2.05) is 0 Å². The van der Waals surface area contributed by atoms with E-state index in [0.29, 0.717) is 6.54 Å². The fraction of sp³-hybridized carbons (Fsp3) is 0.455. The van der Waals surface area contributed by atoms with Crippen LogP contribution in [0.25, 0.3) is 0 Å². The Hall–Kier alpha value is -0.860. The molecule has 0 spiro atoms. The molecule has 1 aromatic rings. The summed E-state index contributed by atoms with van der Waals surface area (Å²) in [6.45, 7) is 2.69. The van der Waals surface area contributed by atoms with Crippen molar-refractivity contribution in [2.45, 2.75) is 25.8 Å². The average Bonchev–Trinajstić information content (AvgIpc) is 2.18. The summed E-state index contributed by atoms with van der Waals surface area (Å²) < 4.78 is 0. The molecule has 13 heavy (non-hydrogen) atoms. The molecule has 0 saturated carbocycles. The van der Waals surface area contributed by atoms with Gasteiger partial charge in [0.2, 0.25) is 0 Å². The third kappa shape index (κ3) is 2.83. The van der Waals surface area contributed by atoms with Crippen LogP contribution in [0.4, 0.5) is 0 Å². The number of hydrogen-bond donors (Lipinski definition) is 2. The Labute approximate surface area is 79.9 Å². The van der Waals surface area contributed by atoms with Crippen LogP contribution in [0, 0.1) is 0 Å². The van der Waals surface area contributed by atoms with Crippen LogP contribution in [0.15, 0.2) is 24.3 Å². The van der Waals surface area contributed by atoms with Crippen LogP contribution >= 0.6 is 0 Å². The molecule has 1 atom stereocenters. The zero-order chi connectivity index (χ0) is 9.68. The summed E-state index contributed by atoms with van der Waals surface area (Å²) in [6.07, 6.45) is 2.32. The molecular weight excluding hydrogens is 160 g/mol. The molecule has 0 aromatic heterocycles. The second-order valence-corrected chi connectivity index (χ2v) is 3.33. The molecule has 72 valence electrons. The monoisotopic (exact) mass is 178 g/mol. The topological polar surface area (TPSA) is 52.0 Å². The number of rotatable bonds is 4. The SMILES string of the molecule is CCCc1ccc([C@H](N)CN)cc1. The average molecular weight is 178 g/mol. The van der Waals surface area contributed by atoms with E-state index in [1.54, 1.807) is 0 Å². The van der Waals surface area contributed by atoms with Crippen molar-refractivity contribution in [2.24, 2.45) is 11.5 Å². The van der Waals surface area contributed by atoms with E-state index in [1.165, 1.54) is 12.0 Å². The van der Waals surface area contributed by atoms with Gasteiger partial charge >= 0.3 is 0 Å². The summed E-state index contributed by atoms with van der Waals surface area (Å²) in [4.78, 5) is 0. The van der Waals surface area contributed by atoms with Crippen molar-refractivity contribution in [3.8, 4) is 0 Å². The highest BCUT2D eigenvalue weighted by atomic mass is 14.7. The minimum absolute atomic E-state index is 0.0179. The van der Waals surface area contributed by atoms with Gasteiger partial charge in [0.05, 0.1) is 0 Å². The van der Waals surface area contributed by atoms with Gasteiger partial charge in [-0.05, 0) is 17.5 Å². The summed E-state index contributed by atoms with van der Waals surface area (Å²) in [7, 11) is 0. The van der Waals surface area contributed by atoms with Crippen LogP contribution in [0.5, 0.6) is 0 Å². The van der Waals surface area contributed by atoms with E-state index in [0.717, 1.165) is 12.0 Å². The molecule has 0 amide bonds. The van der Waals surface area contributed by atoms with Crippen LogP contribution in [-0.4, -0.2) is 6.54 Å². The third-order valence-corrected chi connectivity index (χ3v) is 2.20. The Morgan fingerprint density at radius 2 is 1.85 bits per heavy atom. The molecule has 0 aliphatic heterocycles. The third-order valence-electron chi connectivity index (χ3n) is 2.20. The Morgan fingerprint density at radius 1 is 1.23 bits per heavy atom. The van der Waals surface area contributed by atoms with E-state index < -0.39 is 0 Å². The van der Waals surface area contributed by atoms with Crippen molar-refractivity contribution in [3.63, 3.8) is 0 Å². The highest BCUT2D eigenvalue weighted by Gasteiger charge is 2.01. The van der Waals surface area contributed by atoms with E-state index in [9.17, 15) is 0 Å². The van der Waals surface area contributed by atoms with Gasteiger partial charge in [-0.2, -0.15) is 0 Å². The van der Waals surface area contributed by atoms with Crippen LogP contribution in [0.2, 0.25) is 0 Å². The van der Waals surface area contributed by atoms with Crippen LogP contribution in [0.3, 0.4) is 0 Å². The fourth-order valence-corrected chi connectivity index (χ4v) is 1.36. The summed E-state index contributed by atoms with van der Waals surface area (Å²) in [6, 6.07) is 8.39. The number of nitrogens with two attached hydrogens (primary N) is 2. The molecule has 0 radical (unpaired) electrons. The first-order valence-electron chi connectivity index (χ1n) is 4.82. The molecule has 0 unspecified atom stereocenters. The zero-order valence-electron chi connectivity index (χ0n) is 8.16. The van der Waals surface area contributed by atoms with Crippen LogP contribution in [0.1, 0.15) is 30.5 Å². The Kier molecular flexibility index (Phi) is 3.93. The van der Waals surface area contributed by atoms with Crippen molar-refractivity contribution >= 4 is 0 Å². The van der Waals surface area contributed by atoms with E-state index >= 15 is 0 Å². The molecule has 4 N–H and O–H groups in total. The smallest absolute Gasteiger partial charge is 0.0419 e. The Morgan fingerprint density at radius 3 is 2.31 bits per heavy atom. The molecule has 0 fully saturated rings.